The molecule has 0 bridgehead atoms. The van der Waals surface area contributed by atoms with Crippen molar-refractivity contribution in [2.75, 3.05) is 26.7 Å². The first-order chi connectivity index (χ1) is 14.1. The second kappa shape index (κ2) is 12.3. The molecule has 6 nitrogen and oxygen atoms in total. The van der Waals surface area contributed by atoms with Crippen molar-refractivity contribution in [2.45, 2.75) is 58.5 Å². The minimum atomic E-state index is 0. The van der Waals surface area contributed by atoms with Gasteiger partial charge in [-0.2, -0.15) is 5.10 Å². The molecule has 7 heteroatoms. The van der Waals surface area contributed by atoms with Gasteiger partial charge in [-0.1, -0.05) is 18.2 Å². The third kappa shape index (κ3) is 6.97. The second-order valence-corrected chi connectivity index (χ2v) is 8.17. The lowest BCUT2D eigenvalue weighted by molar-refractivity contribution is 0.167. The molecule has 0 saturated carbocycles. The number of benzene rings is 1. The van der Waals surface area contributed by atoms with Crippen LogP contribution in [0.2, 0.25) is 0 Å². The summed E-state index contributed by atoms with van der Waals surface area (Å²) in [6.07, 6.45) is 6.57. The summed E-state index contributed by atoms with van der Waals surface area (Å²) in [6.45, 7) is 9.87. The quantitative estimate of drug-likeness (QED) is 0.251. The van der Waals surface area contributed by atoms with Gasteiger partial charge in [0.15, 0.2) is 5.96 Å². The molecule has 1 saturated heterocycles. The van der Waals surface area contributed by atoms with E-state index in [-0.39, 0.29) is 24.0 Å². The number of guanidine groups is 1. The SMILES string of the molecule is CN=C(NCCCc1cn(-c2ccccc2)nc1C)NC1CCN(C(C)C)CC1.I. The summed E-state index contributed by atoms with van der Waals surface area (Å²) >= 11 is 0. The molecule has 2 N–H and O–H groups in total. The van der Waals surface area contributed by atoms with Gasteiger partial charge in [-0.15, -0.1) is 24.0 Å². The number of para-hydroxylation sites is 1. The standard InChI is InChI=1S/C23H36N6.HI/c1-18(2)28-15-12-21(13-16-28)26-23(24-4)25-14-8-9-20-17-29(27-19(20)3)22-10-6-5-7-11-22;/h5-7,10-11,17-18,21H,8-9,12-16H2,1-4H3,(H2,24,25,26);1H. The van der Waals surface area contributed by atoms with Crippen molar-refractivity contribution >= 4 is 29.9 Å². The van der Waals surface area contributed by atoms with Crippen LogP contribution in [0.1, 0.15) is 44.4 Å². The number of likely N-dealkylation sites (tertiary alicyclic amines) is 1. The lowest BCUT2D eigenvalue weighted by Gasteiger charge is -2.35. The Bertz CT molecular complexity index is 778. The molecule has 1 fully saturated rings. The molecule has 0 unspecified atom stereocenters. The molecule has 2 aromatic rings. The molecule has 30 heavy (non-hydrogen) atoms. The van der Waals surface area contributed by atoms with Crippen molar-refractivity contribution in [3.8, 4) is 5.69 Å². The van der Waals surface area contributed by atoms with Gasteiger partial charge in [0.05, 0.1) is 11.4 Å². The van der Waals surface area contributed by atoms with E-state index < -0.39 is 0 Å². The van der Waals surface area contributed by atoms with Gasteiger partial charge >= 0.3 is 0 Å². The first kappa shape index (κ1) is 24.7. The molecule has 0 spiro atoms. The highest BCUT2D eigenvalue weighted by Gasteiger charge is 2.21. The normalized spacial score (nSPS) is 15.8. The monoisotopic (exact) mass is 524 g/mol. The van der Waals surface area contributed by atoms with Crippen LogP contribution in [0.25, 0.3) is 5.69 Å². The fraction of sp³-hybridized carbons (Fsp3) is 0.565. The van der Waals surface area contributed by atoms with Crippen LogP contribution in [-0.4, -0.2) is 59.4 Å². The molecule has 3 rings (SSSR count). The molecule has 1 aromatic heterocycles. The van der Waals surface area contributed by atoms with Gasteiger partial charge < -0.3 is 15.5 Å². The molecule has 1 aromatic carbocycles. The summed E-state index contributed by atoms with van der Waals surface area (Å²) in [4.78, 5) is 6.95. The average molecular weight is 524 g/mol. The van der Waals surface area contributed by atoms with Crippen LogP contribution in [0.4, 0.5) is 0 Å². The van der Waals surface area contributed by atoms with E-state index in [1.165, 1.54) is 18.4 Å². The van der Waals surface area contributed by atoms with Gasteiger partial charge in [0.25, 0.3) is 0 Å². The van der Waals surface area contributed by atoms with Crippen LogP contribution in [0.3, 0.4) is 0 Å². The van der Waals surface area contributed by atoms with E-state index in [1.807, 2.05) is 29.9 Å². The zero-order valence-corrected chi connectivity index (χ0v) is 21.1. The van der Waals surface area contributed by atoms with Crippen LogP contribution < -0.4 is 10.6 Å². The third-order valence-corrected chi connectivity index (χ3v) is 5.76. The van der Waals surface area contributed by atoms with Crippen LogP contribution in [0.15, 0.2) is 41.5 Å². The highest BCUT2D eigenvalue weighted by molar-refractivity contribution is 14.0. The van der Waals surface area contributed by atoms with Gasteiger partial charge in [0.1, 0.15) is 0 Å². The van der Waals surface area contributed by atoms with Gasteiger partial charge in [0, 0.05) is 45.0 Å². The maximum Gasteiger partial charge on any atom is 0.191 e. The van der Waals surface area contributed by atoms with E-state index in [0.717, 1.165) is 49.8 Å². The Morgan fingerprint density at radius 3 is 2.53 bits per heavy atom. The lowest BCUT2D eigenvalue weighted by atomic mass is 10.0. The predicted octanol–water partition coefficient (Wildman–Crippen LogP) is 3.77. The number of hydrogen-bond acceptors (Lipinski definition) is 3. The van der Waals surface area contributed by atoms with Crippen molar-refractivity contribution < 1.29 is 0 Å². The van der Waals surface area contributed by atoms with Crippen LogP contribution in [0, 0.1) is 6.92 Å². The highest BCUT2D eigenvalue weighted by Crippen LogP contribution is 2.14. The number of halogens is 1. The maximum atomic E-state index is 4.66. The van der Waals surface area contributed by atoms with Gasteiger partial charge in [-0.05, 0) is 64.2 Å². The Morgan fingerprint density at radius 2 is 1.90 bits per heavy atom. The van der Waals surface area contributed by atoms with Crippen molar-refractivity contribution in [3.05, 3.63) is 47.8 Å². The Kier molecular flexibility index (Phi) is 10.1. The van der Waals surface area contributed by atoms with Crippen molar-refractivity contribution in [1.82, 2.24) is 25.3 Å². The largest absolute Gasteiger partial charge is 0.356 e. The molecular weight excluding hydrogens is 487 g/mol. The van der Waals surface area contributed by atoms with Gasteiger partial charge in [-0.25, -0.2) is 4.68 Å². The first-order valence-electron chi connectivity index (χ1n) is 10.9. The average Bonchev–Trinajstić information content (AvgIpc) is 3.12. The summed E-state index contributed by atoms with van der Waals surface area (Å²) in [5.74, 6) is 0.921. The van der Waals surface area contributed by atoms with E-state index in [4.69, 9.17) is 0 Å². The topological polar surface area (TPSA) is 57.5 Å². The fourth-order valence-electron chi connectivity index (χ4n) is 3.89. The highest BCUT2D eigenvalue weighted by atomic mass is 127. The fourth-order valence-corrected chi connectivity index (χ4v) is 3.89. The summed E-state index contributed by atoms with van der Waals surface area (Å²) < 4.78 is 1.97. The first-order valence-corrected chi connectivity index (χ1v) is 10.9. The zero-order valence-electron chi connectivity index (χ0n) is 18.8. The Morgan fingerprint density at radius 1 is 1.20 bits per heavy atom. The minimum absolute atomic E-state index is 0. The van der Waals surface area contributed by atoms with Crippen LogP contribution in [-0.2, 0) is 6.42 Å². The molecule has 0 aliphatic carbocycles. The number of aliphatic imine (C=N–C) groups is 1. The lowest BCUT2D eigenvalue weighted by Crippen LogP contribution is -2.50. The molecule has 1 aliphatic rings. The minimum Gasteiger partial charge on any atom is -0.356 e. The molecule has 166 valence electrons. The number of aromatic nitrogens is 2. The molecule has 1 aliphatic heterocycles. The predicted molar refractivity (Wildman–Crippen MR) is 136 cm³/mol. The Hall–Kier alpha value is -1.61. The Labute approximate surface area is 198 Å². The molecule has 0 radical (unpaired) electrons. The number of nitrogens with zero attached hydrogens (tertiary/aromatic N) is 4. The maximum absolute atomic E-state index is 4.66. The van der Waals surface area contributed by atoms with E-state index >= 15 is 0 Å². The van der Waals surface area contributed by atoms with Gasteiger partial charge in [0.2, 0.25) is 0 Å². The van der Waals surface area contributed by atoms with Crippen molar-refractivity contribution in [2.24, 2.45) is 4.99 Å². The summed E-state index contributed by atoms with van der Waals surface area (Å²) in [7, 11) is 1.85. The van der Waals surface area contributed by atoms with E-state index in [9.17, 15) is 0 Å². The summed E-state index contributed by atoms with van der Waals surface area (Å²) in [6, 6.07) is 11.4. The smallest absolute Gasteiger partial charge is 0.191 e. The summed E-state index contributed by atoms with van der Waals surface area (Å²) in [5, 5.41) is 11.7. The Balaban J connectivity index is 0.00000320. The molecule has 2 heterocycles. The number of piperidine rings is 1. The van der Waals surface area contributed by atoms with Crippen molar-refractivity contribution in [3.63, 3.8) is 0 Å². The molecule has 0 atom stereocenters. The number of aryl methyl sites for hydroxylation is 2. The van der Waals surface area contributed by atoms with E-state index in [2.05, 4.69) is 64.7 Å². The van der Waals surface area contributed by atoms with Crippen LogP contribution in [0.5, 0.6) is 0 Å². The summed E-state index contributed by atoms with van der Waals surface area (Å²) in [5.41, 5.74) is 3.51. The number of rotatable bonds is 7. The van der Waals surface area contributed by atoms with Crippen molar-refractivity contribution in [1.29, 1.82) is 0 Å². The zero-order chi connectivity index (χ0) is 20.6. The molecule has 0 amide bonds. The number of nitrogens with one attached hydrogen (secondary N) is 2. The van der Waals surface area contributed by atoms with E-state index in [1.54, 1.807) is 0 Å². The van der Waals surface area contributed by atoms with Gasteiger partial charge in [-0.3, -0.25) is 4.99 Å². The number of hydrogen-bond donors (Lipinski definition) is 2. The van der Waals surface area contributed by atoms with Crippen LogP contribution >= 0.6 is 24.0 Å². The second-order valence-electron chi connectivity index (χ2n) is 8.17. The van der Waals surface area contributed by atoms with E-state index in [0.29, 0.717) is 12.1 Å². The third-order valence-electron chi connectivity index (χ3n) is 5.76. The molecular formula is C23H37IN6.